The molecule has 0 saturated heterocycles. The van der Waals surface area contributed by atoms with Crippen molar-refractivity contribution in [3.63, 3.8) is 0 Å². The SMILES string of the molecule is CCOC(=O)CCc1c(C)nc2nc(CNc3cccc(Cl)c3)[nH]n2c1=O. The highest BCUT2D eigenvalue weighted by molar-refractivity contribution is 6.30. The summed E-state index contributed by atoms with van der Waals surface area (Å²) in [5, 5.41) is 6.76. The normalized spacial score (nSPS) is 10.9. The third-order valence-corrected chi connectivity index (χ3v) is 4.25. The van der Waals surface area contributed by atoms with E-state index in [1.54, 1.807) is 26.0 Å². The van der Waals surface area contributed by atoms with Gasteiger partial charge in [0.1, 0.15) is 5.82 Å². The Kier molecular flexibility index (Phi) is 5.75. The Bertz CT molecular complexity index is 1030. The molecule has 2 heterocycles. The van der Waals surface area contributed by atoms with Gasteiger partial charge in [0.25, 0.3) is 11.3 Å². The number of benzene rings is 1. The van der Waals surface area contributed by atoms with Crippen molar-refractivity contribution in [1.29, 1.82) is 0 Å². The molecule has 27 heavy (non-hydrogen) atoms. The molecule has 0 unspecified atom stereocenters. The summed E-state index contributed by atoms with van der Waals surface area (Å²) in [6, 6.07) is 7.31. The number of esters is 1. The summed E-state index contributed by atoms with van der Waals surface area (Å²) in [5.41, 5.74) is 1.61. The van der Waals surface area contributed by atoms with Gasteiger partial charge in [0, 0.05) is 22.7 Å². The molecule has 2 aromatic heterocycles. The first kappa shape index (κ1) is 18.9. The van der Waals surface area contributed by atoms with E-state index in [-0.39, 0.29) is 24.4 Å². The Hall–Kier alpha value is -2.87. The summed E-state index contributed by atoms with van der Waals surface area (Å²) in [6.07, 6.45) is 0.406. The molecule has 0 spiro atoms. The average molecular weight is 390 g/mol. The van der Waals surface area contributed by atoms with Crippen LogP contribution in [0.15, 0.2) is 29.1 Å². The van der Waals surface area contributed by atoms with E-state index in [0.29, 0.717) is 41.0 Å². The van der Waals surface area contributed by atoms with Crippen molar-refractivity contribution in [2.24, 2.45) is 0 Å². The lowest BCUT2D eigenvalue weighted by Crippen LogP contribution is -2.23. The van der Waals surface area contributed by atoms with Gasteiger partial charge in [0.2, 0.25) is 0 Å². The first-order chi connectivity index (χ1) is 13.0. The molecule has 0 bridgehead atoms. The number of aromatic amines is 1. The van der Waals surface area contributed by atoms with Gasteiger partial charge < -0.3 is 10.1 Å². The zero-order valence-electron chi connectivity index (χ0n) is 15.1. The summed E-state index contributed by atoms with van der Waals surface area (Å²) in [4.78, 5) is 33.0. The van der Waals surface area contributed by atoms with E-state index in [0.717, 1.165) is 5.69 Å². The number of carbonyl (C=O) groups is 1. The third-order valence-electron chi connectivity index (χ3n) is 4.01. The summed E-state index contributed by atoms with van der Waals surface area (Å²) < 4.78 is 6.21. The quantitative estimate of drug-likeness (QED) is 0.602. The Morgan fingerprint density at radius 2 is 2.19 bits per heavy atom. The van der Waals surface area contributed by atoms with Gasteiger partial charge in [-0.15, -0.1) is 0 Å². The van der Waals surface area contributed by atoms with Crippen LogP contribution in [0.3, 0.4) is 0 Å². The molecular weight excluding hydrogens is 370 g/mol. The highest BCUT2D eigenvalue weighted by atomic mass is 35.5. The van der Waals surface area contributed by atoms with Gasteiger partial charge >= 0.3 is 5.97 Å². The molecule has 0 atom stereocenters. The molecule has 0 aliphatic rings. The number of hydrogen-bond acceptors (Lipinski definition) is 6. The molecule has 0 amide bonds. The zero-order chi connectivity index (χ0) is 19.4. The summed E-state index contributed by atoms with van der Waals surface area (Å²) in [7, 11) is 0. The number of halogens is 1. The van der Waals surface area contributed by atoms with E-state index in [1.807, 2.05) is 12.1 Å². The van der Waals surface area contributed by atoms with E-state index in [4.69, 9.17) is 16.3 Å². The van der Waals surface area contributed by atoms with E-state index in [9.17, 15) is 9.59 Å². The standard InChI is InChI=1S/C18H20ClN5O3/c1-3-27-16(25)8-7-14-11(2)21-18-22-15(23-24(18)17(14)26)10-20-13-6-4-5-12(19)9-13/h4-6,9,20H,3,7-8,10H2,1-2H3,(H,21,22,23). The van der Waals surface area contributed by atoms with Crippen LogP contribution in [0.5, 0.6) is 0 Å². The lowest BCUT2D eigenvalue weighted by atomic mass is 10.1. The summed E-state index contributed by atoms with van der Waals surface area (Å²) in [5.74, 6) is 0.513. The van der Waals surface area contributed by atoms with Gasteiger partial charge in [0.05, 0.1) is 18.8 Å². The van der Waals surface area contributed by atoms with Gasteiger partial charge in [-0.25, -0.2) is 4.98 Å². The zero-order valence-corrected chi connectivity index (χ0v) is 15.8. The van der Waals surface area contributed by atoms with Crippen molar-refractivity contribution in [1.82, 2.24) is 19.6 Å². The second-order valence-corrected chi connectivity index (χ2v) is 6.39. The topological polar surface area (TPSA) is 101 Å². The van der Waals surface area contributed by atoms with Crippen molar-refractivity contribution in [3.8, 4) is 0 Å². The molecule has 0 fully saturated rings. The van der Waals surface area contributed by atoms with Crippen LogP contribution in [0.2, 0.25) is 5.02 Å². The fraction of sp³-hybridized carbons (Fsp3) is 0.333. The van der Waals surface area contributed by atoms with Crippen LogP contribution in [0, 0.1) is 6.92 Å². The second-order valence-electron chi connectivity index (χ2n) is 5.96. The molecule has 0 radical (unpaired) electrons. The largest absolute Gasteiger partial charge is 0.466 e. The molecule has 1 aromatic carbocycles. The fourth-order valence-electron chi connectivity index (χ4n) is 2.71. The highest BCUT2D eigenvalue weighted by Crippen LogP contribution is 2.15. The summed E-state index contributed by atoms with van der Waals surface area (Å²) >= 11 is 5.97. The highest BCUT2D eigenvalue weighted by Gasteiger charge is 2.15. The second kappa shape index (κ2) is 8.22. The van der Waals surface area contributed by atoms with Gasteiger partial charge in [-0.1, -0.05) is 17.7 Å². The minimum Gasteiger partial charge on any atom is -0.466 e. The number of hydrogen-bond donors (Lipinski definition) is 2. The maximum Gasteiger partial charge on any atom is 0.306 e. The van der Waals surface area contributed by atoms with Crippen LogP contribution in [-0.4, -0.2) is 32.2 Å². The molecule has 8 nitrogen and oxygen atoms in total. The van der Waals surface area contributed by atoms with Gasteiger partial charge in [0.15, 0.2) is 0 Å². The predicted molar refractivity (Wildman–Crippen MR) is 102 cm³/mol. The first-order valence-corrected chi connectivity index (χ1v) is 8.98. The first-order valence-electron chi connectivity index (χ1n) is 8.60. The number of nitrogens with one attached hydrogen (secondary N) is 2. The van der Waals surface area contributed by atoms with E-state index >= 15 is 0 Å². The number of aromatic nitrogens is 4. The van der Waals surface area contributed by atoms with Crippen LogP contribution in [0.1, 0.15) is 30.4 Å². The average Bonchev–Trinajstić information content (AvgIpc) is 3.03. The van der Waals surface area contributed by atoms with Crippen molar-refractivity contribution < 1.29 is 9.53 Å². The molecule has 3 rings (SSSR count). The molecular formula is C18H20ClN5O3. The van der Waals surface area contributed by atoms with Crippen LogP contribution < -0.4 is 10.9 Å². The number of ether oxygens (including phenoxy) is 1. The monoisotopic (exact) mass is 389 g/mol. The molecule has 0 saturated carbocycles. The molecule has 9 heteroatoms. The Morgan fingerprint density at radius 1 is 1.37 bits per heavy atom. The van der Waals surface area contributed by atoms with Gasteiger partial charge in [-0.3, -0.25) is 14.7 Å². The molecule has 3 aromatic rings. The van der Waals surface area contributed by atoms with E-state index in [1.165, 1.54) is 4.52 Å². The van der Waals surface area contributed by atoms with E-state index < -0.39 is 0 Å². The number of fused-ring (bicyclic) bond motifs is 1. The van der Waals surface area contributed by atoms with Crippen LogP contribution >= 0.6 is 11.6 Å². The fourth-order valence-corrected chi connectivity index (χ4v) is 2.90. The lowest BCUT2D eigenvalue weighted by molar-refractivity contribution is -0.143. The molecule has 0 aliphatic carbocycles. The number of nitrogens with zero attached hydrogens (tertiary/aromatic N) is 3. The molecule has 0 aliphatic heterocycles. The van der Waals surface area contributed by atoms with Gasteiger partial charge in [-0.2, -0.15) is 9.50 Å². The van der Waals surface area contributed by atoms with Crippen molar-refractivity contribution in [2.45, 2.75) is 33.2 Å². The number of anilines is 1. The van der Waals surface area contributed by atoms with Crippen LogP contribution in [0.25, 0.3) is 5.78 Å². The van der Waals surface area contributed by atoms with Crippen LogP contribution in [-0.2, 0) is 22.5 Å². The van der Waals surface area contributed by atoms with Crippen molar-refractivity contribution >= 4 is 29.0 Å². The minimum absolute atomic E-state index is 0.134. The Morgan fingerprint density at radius 3 is 2.93 bits per heavy atom. The number of carbonyl (C=O) groups excluding carboxylic acids is 1. The Labute approximate surface area is 160 Å². The predicted octanol–water partition coefficient (Wildman–Crippen LogP) is 2.49. The number of aryl methyl sites for hydroxylation is 1. The minimum atomic E-state index is -0.336. The Balaban J connectivity index is 1.79. The van der Waals surface area contributed by atoms with Crippen molar-refractivity contribution in [3.05, 3.63) is 56.7 Å². The van der Waals surface area contributed by atoms with Crippen LogP contribution in [0.4, 0.5) is 5.69 Å². The molecule has 142 valence electrons. The summed E-state index contributed by atoms with van der Waals surface area (Å²) in [6.45, 7) is 4.17. The molecule has 2 N–H and O–H groups in total. The third kappa shape index (κ3) is 4.46. The maximum atomic E-state index is 12.7. The maximum absolute atomic E-state index is 12.7. The van der Waals surface area contributed by atoms with Crippen molar-refractivity contribution in [2.75, 3.05) is 11.9 Å². The lowest BCUT2D eigenvalue weighted by Gasteiger charge is -2.05. The number of rotatable bonds is 7. The van der Waals surface area contributed by atoms with Gasteiger partial charge in [-0.05, 0) is 38.5 Å². The van der Waals surface area contributed by atoms with E-state index in [2.05, 4.69) is 20.4 Å². The smallest absolute Gasteiger partial charge is 0.306 e. The number of H-pyrrole nitrogens is 1.